The standard InChI is InChI=1S/C21H20ClN3O2S/c1-13-4-7-15(8-5-13)19-12-20(25(24-19)28(3,26)27)17-11-16-9-6-14(2)10-18(16)23-21(17)22/h4-11,20H,12H2,1-3H3/t20-/m0/s1. The van der Waals surface area contributed by atoms with Crippen LogP contribution in [-0.2, 0) is 10.0 Å². The van der Waals surface area contributed by atoms with Crippen molar-refractivity contribution >= 4 is 38.2 Å². The van der Waals surface area contributed by atoms with Crippen LogP contribution in [0.3, 0.4) is 0 Å². The lowest BCUT2D eigenvalue weighted by atomic mass is 9.98. The van der Waals surface area contributed by atoms with E-state index in [0.29, 0.717) is 17.1 Å². The molecule has 1 aliphatic heterocycles. The van der Waals surface area contributed by atoms with Gasteiger partial charge < -0.3 is 0 Å². The number of pyridine rings is 1. The zero-order chi connectivity index (χ0) is 20.1. The van der Waals surface area contributed by atoms with Gasteiger partial charge in [0.2, 0.25) is 10.0 Å². The molecule has 4 rings (SSSR count). The molecule has 1 aliphatic rings. The van der Waals surface area contributed by atoms with Crippen LogP contribution >= 0.6 is 11.6 Å². The highest BCUT2D eigenvalue weighted by molar-refractivity contribution is 7.88. The summed E-state index contributed by atoms with van der Waals surface area (Å²) in [6.07, 6.45) is 1.60. The van der Waals surface area contributed by atoms with E-state index in [0.717, 1.165) is 44.0 Å². The molecule has 7 heteroatoms. The van der Waals surface area contributed by atoms with Crippen LogP contribution in [0.4, 0.5) is 0 Å². The monoisotopic (exact) mass is 413 g/mol. The Labute approximate surface area is 169 Å². The molecule has 1 aromatic heterocycles. The molecule has 3 aromatic rings. The first kappa shape index (κ1) is 18.9. The van der Waals surface area contributed by atoms with E-state index in [1.54, 1.807) is 0 Å². The van der Waals surface area contributed by atoms with Gasteiger partial charge >= 0.3 is 0 Å². The summed E-state index contributed by atoms with van der Waals surface area (Å²) in [4.78, 5) is 4.50. The van der Waals surface area contributed by atoms with Crippen molar-refractivity contribution in [3.05, 3.63) is 75.9 Å². The van der Waals surface area contributed by atoms with E-state index in [9.17, 15) is 8.42 Å². The second-order valence-corrected chi connectivity index (χ2v) is 9.43. The van der Waals surface area contributed by atoms with Crippen molar-refractivity contribution in [3.8, 4) is 0 Å². The van der Waals surface area contributed by atoms with E-state index in [2.05, 4.69) is 10.1 Å². The number of aromatic nitrogens is 1. The van der Waals surface area contributed by atoms with E-state index < -0.39 is 16.1 Å². The van der Waals surface area contributed by atoms with Crippen molar-refractivity contribution in [3.63, 3.8) is 0 Å². The fourth-order valence-electron chi connectivity index (χ4n) is 3.45. The second kappa shape index (κ2) is 6.87. The minimum atomic E-state index is -3.57. The molecule has 0 saturated carbocycles. The van der Waals surface area contributed by atoms with E-state index in [1.165, 1.54) is 0 Å². The van der Waals surface area contributed by atoms with Crippen molar-refractivity contribution in [2.75, 3.05) is 6.26 Å². The zero-order valence-corrected chi connectivity index (χ0v) is 17.4. The number of hydrogen-bond acceptors (Lipinski definition) is 4. The Morgan fingerprint density at radius 3 is 2.39 bits per heavy atom. The van der Waals surface area contributed by atoms with Gasteiger partial charge in [-0.2, -0.15) is 9.52 Å². The minimum Gasteiger partial charge on any atom is -0.236 e. The van der Waals surface area contributed by atoms with E-state index in [-0.39, 0.29) is 0 Å². The summed E-state index contributed by atoms with van der Waals surface area (Å²) in [5, 5.41) is 5.65. The Balaban J connectivity index is 1.80. The summed E-state index contributed by atoms with van der Waals surface area (Å²) in [6.45, 7) is 4.00. The van der Waals surface area contributed by atoms with Gasteiger partial charge in [0.15, 0.2) is 0 Å². The van der Waals surface area contributed by atoms with Crippen LogP contribution < -0.4 is 0 Å². The summed E-state index contributed by atoms with van der Waals surface area (Å²) in [5.74, 6) is 0. The van der Waals surface area contributed by atoms with Crippen LogP contribution in [0.25, 0.3) is 10.9 Å². The van der Waals surface area contributed by atoms with Crippen molar-refractivity contribution < 1.29 is 8.42 Å². The molecule has 0 saturated heterocycles. The molecule has 0 amide bonds. The average Bonchev–Trinajstić information content (AvgIpc) is 3.07. The second-order valence-electron chi connectivity index (χ2n) is 7.23. The van der Waals surface area contributed by atoms with Gasteiger partial charge in [-0.25, -0.2) is 13.4 Å². The summed E-state index contributed by atoms with van der Waals surface area (Å²) in [7, 11) is -3.57. The highest BCUT2D eigenvalue weighted by Gasteiger charge is 2.36. The third-order valence-electron chi connectivity index (χ3n) is 4.91. The Bertz CT molecular complexity index is 1200. The number of halogens is 1. The lowest BCUT2D eigenvalue weighted by Gasteiger charge is -2.22. The van der Waals surface area contributed by atoms with Gasteiger partial charge in [0.1, 0.15) is 5.15 Å². The predicted molar refractivity (Wildman–Crippen MR) is 113 cm³/mol. The number of sulfonamides is 1. The molecule has 0 N–H and O–H groups in total. The summed E-state index contributed by atoms with van der Waals surface area (Å²) in [5.41, 5.74) is 5.30. The Hall–Kier alpha value is -2.44. The fraction of sp³-hybridized carbons (Fsp3) is 0.238. The van der Waals surface area contributed by atoms with Crippen LogP contribution in [0.5, 0.6) is 0 Å². The van der Waals surface area contributed by atoms with Gasteiger partial charge in [-0.1, -0.05) is 53.6 Å². The van der Waals surface area contributed by atoms with E-state index in [1.807, 2.05) is 62.4 Å². The smallest absolute Gasteiger partial charge is 0.236 e. The maximum Gasteiger partial charge on any atom is 0.247 e. The molecule has 0 aliphatic carbocycles. The van der Waals surface area contributed by atoms with Crippen molar-refractivity contribution in [2.45, 2.75) is 26.3 Å². The largest absolute Gasteiger partial charge is 0.247 e. The number of fused-ring (bicyclic) bond motifs is 1. The molecule has 0 radical (unpaired) electrons. The van der Waals surface area contributed by atoms with E-state index in [4.69, 9.17) is 11.6 Å². The van der Waals surface area contributed by atoms with Gasteiger partial charge in [0.05, 0.1) is 23.5 Å². The number of nitrogens with zero attached hydrogens (tertiary/aromatic N) is 3. The maximum atomic E-state index is 12.4. The van der Waals surface area contributed by atoms with Gasteiger partial charge in [0, 0.05) is 17.4 Å². The molecule has 5 nitrogen and oxygen atoms in total. The molecule has 1 atom stereocenters. The minimum absolute atomic E-state index is 0.303. The molecular weight excluding hydrogens is 394 g/mol. The van der Waals surface area contributed by atoms with E-state index >= 15 is 0 Å². The summed E-state index contributed by atoms with van der Waals surface area (Å²) >= 11 is 6.48. The van der Waals surface area contributed by atoms with Gasteiger partial charge in [0.25, 0.3) is 0 Å². The SMILES string of the molecule is Cc1ccc(C2=NN(S(C)(=O)=O)[C@H](c3cc4ccc(C)cc4nc3Cl)C2)cc1. The van der Waals surface area contributed by atoms with Crippen LogP contribution in [-0.4, -0.2) is 29.8 Å². The molecular formula is C21H20ClN3O2S. The Morgan fingerprint density at radius 2 is 1.71 bits per heavy atom. The lowest BCUT2D eigenvalue weighted by molar-refractivity contribution is 0.374. The molecule has 0 spiro atoms. The Morgan fingerprint density at radius 1 is 1.04 bits per heavy atom. The van der Waals surface area contributed by atoms with Gasteiger partial charge in [-0.05, 0) is 37.1 Å². The molecule has 28 heavy (non-hydrogen) atoms. The first-order chi connectivity index (χ1) is 13.2. The molecule has 0 fully saturated rings. The van der Waals surface area contributed by atoms with Gasteiger partial charge in [-0.15, -0.1) is 0 Å². The van der Waals surface area contributed by atoms with Crippen LogP contribution in [0.15, 0.2) is 53.6 Å². The fourth-order valence-corrected chi connectivity index (χ4v) is 4.62. The normalized spacial score (nSPS) is 17.2. The highest BCUT2D eigenvalue weighted by Crippen LogP contribution is 2.38. The molecule has 144 valence electrons. The zero-order valence-electron chi connectivity index (χ0n) is 15.8. The maximum absolute atomic E-state index is 12.4. The molecule has 0 unspecified atom stereocenters. The third-order valence-corrected chi connectivity index (χ3v) is 6.23. The quantitative estimate of drug-likeness (QED) is 0.589. The van der Waals surface area contributed by atoms with Crippen LogP contribution in [0, 0.1) is 13.8 Å². The van der Waals surface area contributed by atoms with Crippen LogP contribution in [0.1, 0.15) is 34.7 Å². The van der Waals surface area contributed by atoms with Crippen LogP contribution in [0.2, 0.25) is 5.15 Å². The Kier molecular flexibility index (Phi) is 4.63. The average molecular weight is 414 g/mol. The lowest BCUT2D eigenvalue weighted by Crippen LogP contribution is -2.26. The summed E-state index contributed by atoms with van der Waals surface area (Å²) < 4.78 is 26.0. The molecule has 2 heterocycles. The number of aryl methyl sites for hydroxylation is 2. The van der Waals surface area contributed by atoms with Crippen molar-refractivity contribution in [1.29, 1.82) is 0 Å². The number of rotatable bonds is 3. The third kappa shape index (κ3) is 3.50. The van der Waals surface area contributed by atoms with Crippen molar-refractivity contribution in [2.24, 2.45) is 5.10 Å². The molecule has 0 bridgehead atoms. The number of hydrogen-bond donors (Lipinski definition) is 0. The number of benzene rings is 2. The number of hydrazone groups is 1. The van der Waals surface area contributed by atoms with Crippen molar-refractivity contribution in [1.82, 2.24) is 9.40 Å². The highest BCUT2D eigenvalue weighted by atomic mass is 35.5. The molecule has 2 aromatic carbocycles. The first-order valence-corrected chi connectivity index (χ1v) is 11.2. The summed E-state index contributed by atoms with van der Waals surface area (Å²) in [6, 6.07) is 15.2. The first-order valence-electron chi connectivity index (χ1n) is 8.93. The topological polar surface area (TPSA) is 62.6 Å². The van der Waals surface area contributed by atoms with Gasteiger partial charge in [-0.3, -0.25) is 0 Å². The predicted octanol–water partition coefficient (Wildman–Crippen LogP) is 4.62.